The number of rotatable bonds is 5. The summed E-state index contributed by atoms with van der Waals surface area (Å²) in [5.74, 6) is -0.149. The number of likely N-dealkylation sites (N-methyl/N-ethyl adjacent to an activating group) is 1. The summed E-state index contributed by atoms with van der Waals surface area (Å²) < 4.78 is 14.4. The molecule has 0 heterocycles. The molecule has 1 aliphatic rings. The molecule has 0 atom stereocenters. The van der Waals surface area contributed by atoms with E-state index in [9.17, 15) is 4.39 Å². The summed E-state index contributed by atoms with van der Waals surface area (Å²) in [7, 11) is 4.25. The first-order chi connectivity index (χ1) is 8.53. The van der Waals surface area contributed by atoms with Crippen LogP contribution < -0.4 is 5.32 Å². The highest BCUT2D eigenvalue weighted by molar-refractivity contribution is 9.10. The molecule has 2 rings (SSSR count). The molecule has 1 saturated carbocycles. The first-order valence-corrected chi connectivity index (χ1v) is 7.15. The van der Waals surface area contributed by atoms with Gasteiger partial charge in [0.15, 0.2) is 0 Å². The van der Waals surface area contributed by atoms with Crippen LogP contribution in [0.15, 0.2) is 22.7 Å². The van der Waals surface area contributed by atoms with Gasteiger partial charge in [0.05, 0.1) is 0 Å². The first kappa shape index (κ1) is 14.0. The topological polar surface area (TPSA) is 15.3 Å². The lowest BCUT2D eigenvalue weighted by molar-refractivity contribution is 0.0597. The first-order valence-electron chi connectivity index (χ1n) is 6.36. The smallest absolute Gasteiger partial charge is 0.128 e. The Morgan fingerprint density at radius 3 is 2.61 bits per heavy atom. The number of nitrogens with zero attached hydrogens (tertiary/aromatic N) is 1. The molecule has 1 aliphatic carbocycles. The molecule has 1 fully saturated rings. The quantitative estimate of drug-likeness (QED) is 0.898. The van der Waals surface area contributed by atoms with Gasteiger partial charge in [0, 0.05) is 28.7 Å². The van der Waals surface area contributed by atoms with E-state index < -0.39 is 0 Å². The van der Waals surface area contributed by atoms with Gasteiger partial charge in [-0.1, -0.05) is 22.0 Å². The predicted molar refractivity (Wildman–Crippen MR) is 76.1 cm³/mol. The Kier molecular flexibility index (Phi) is 4.41. The van der Waals surface area contributed by atoms with E-state index in [1.165, 1.54) is 25.3 Å². The monoisotopic (exact) mass is 314 g/mol. The Morgan fingerprint density at radius 1 is 1.39 bits per heavy atom. The van der Waals surface area contributed by atoms with Gasteiger partial charge in [-0.15, -0.1) is 0 Å². The van der Waals surface area contributed by atoms with Gasteiger partial charge in [0.2, 0.25) is 0 Å². The van der Waals surface area contributed by atoms with Crippen molar-refractivity contribution in [2.45, 2.75) is 31.3 Å². The molecular formula is C14H20BrFN2. The maximum atomic E-state index is 13.6. The van der Waals surface area contributed by atoms with Crippen LogP contribution in [0.4, 0.5) is 4.39 Å². The zero-order chi connectivity index (χ0) is 13.2. The van der Waals surface area contributed by atoms with Crippen molar-refractivity contribution in [1.29, 1.82) is 0 Å². The number of benzene rings is 1. The minimum atomic E-state index is -0.149. The fraction of sp³-hybridized carbons (Fsp3) is 0.571. The average Bonchev–Trinajstić information content (AvgIpc) is 2.24. The van der Waals surface area contributed by atoms with Crippen molar-refractivity contribution in [3.63, 3.8) is 0 Å². The van der Waals surface area contributed by atoms with Crippen molar-refractivity contribution in [3.8, 4) is 0 Å². The van der Waals surface area contributed by atoms with Crippen LogP contribution in [-0.4, -0.2) is 31.1 Å². The van der Waals surface area contributed by atoms with Gasteiger partial charge in [-0.25, -0.2) is 4.39 Å². The standard InChI is InChI=1S/C14H20BrFN2/c1-18(2)14(6-3-7-14)10-17-9-11-4-5-12(15)8-13(11)16/h4-5,8,17H,3,6-7,9-10H2,1-2H3. The van der Waals surface area contributed by atoms with Gasteiger partial charge in [0.25, 0.3) is 0 Å². The van der Waals surface area contributed by atoms with Gasteiger partial charge in [-0.05, 0) is 45.5 Å². The Balaban J connectivity index is 1.88. The third kappa shape index (κ3) is 2.92. The van der Waals surface area contributed by atoms with Crippen LogP contribution in [0.2, 0.25) is 0 Å². The van der Waals surface area contributed by atoms with E-state index >= 15 is 0 Å². The second-order valence-electron chi connectivity index (χ2n) is 5.31. The van der Waals surface area contributed by atoms with Crippen LogP contribution in [0.1, 0.15) is 24.8 Å². The molecule has 1 aromatic carbocycles. The highest BCUT2D eigenvalue weighted by Crippen LogP contribution is 2.35. The fourth-order valence-corrected chi connectivity index (χ4v) is 2.80. The van der Waals surface area contributed by atoms with Crippen LogP contribution in [0.3, 0.4) is 0 Å². The van der Waals surface area contributed by atoms with Crippen LogP contribution in [0.5, 0.6) is 0 Å². The molecule has 100 valence electrons. The van der Waals surface area contributed by atoms with Crippen LogP contribution >= 0.6 is 15.9 Å². The molecule has 1 aromatic rings. The zero-order valence-electron chi connectivity index (χ0n) is 11.0. The Labute approximate surface area is 117 Å². The molecule has 4 heteroatoms. The summed E-state index contributed by atoms with van der Waals surface area (Å²) in [5.41, 5.74) is 1.01. The lowest BCUT2D eigenvalue weighted by atomic mass is 9.75. The second kappa shape index (κ2) is 5.68. The Morgan fingerprint density at radius 2 is 2.11 bits per heavy atom. The molecule has 1 N–H and O–H groups in total. The molecule has 0 amide bonds. The minimum Gasteiger partial charge on any atom is -0.311 e. The number of hydrogen-bond acceptors (Lipinski definition) is 2. The molecule has 0 aromatic heterocycles. The lowest BCUT2D eigenvalue weighted by Gasteiger charge is -2.47. The van der Waals surface area contributed by atoms with E-state index in [2.05, 4.69) is 40.2 Å². The van der Waals surface area contributed by atoms with Gasteiger partial charge in [0.1, 0.15) is 5.82 Å². The van der Waals surface area contributed by atoms with Crippen LogP contribution in [0, 0.1) is 5.82 Å². The molecule has 0 saturated heterocycles. The largest absolute Gasteiger partial charge is 0.311 e. The van der Waals surface area contributed by atoms with E-state index in [0.29, 0.717) is 6.54 Å². The summed E-state index contributed by atoms with van der Waals surface area (Å²) in [5, 5.41) is 3.39. The Bertz CT molecular complexity index is 416. The molecule has 0 unspecified atom stereocenters. The van der Waals surface area contributed by atoms with E-state index in [1.807, 2.05) is 12.1 Å². The van der Waals surface area contributed by atoms with Crippen molar-refractivity contribution in [1.82, 2.24) is 10.2 Å². The van der Waals surface area contributed by atoms with Crippen molar-refractivity contribution < 1.29 is 4.39 Å². The molecule has 18 heavy (non-hydrogen) atoms. The summed E-state index contributed by atoms with van der Waals surface area (Å²) in [6.45, 7) is 1.52. The highest BCUT2D eigenvalue weighted by Gasteiger charge is 2.38. The van der Waals surface area contributed by atoms with E-state index in [0.717, 1.165) is 16.6 Å². The summed E-state index contributed by atoms with van der Waals surface area (Å²) in [4.78, 5) is 2.29. The molecule has 0 bridgehead atoms. The van der Waals surface area contributed by atoms with Gasteiger partial charge in [-0.3, -0.25) is 0 Å². The van der Waals surface area contributed by atoms with Gasteiger partial charge < -0.3 is 10.2 Å². The van der Waals surface area contributed by atoms with Crippen LogP contribution in [0.25, 0.3) is 0 Å². The maximum Gasteiger partial charge on any atom is 0.128 e. The molecule has 0 aliphatic heterocycles. The third-order valence-corrected chi connectivity index (χ3v) is 4.51. The predicted octanol–water partition coefficient (Wildman–Crippen LogP) is 3.16. The van der Waals surface area contributed by atoms with Crippen molar-refractivity contribution in [2.24, 2.45) is 0 Å². The van der Waals surface area contributed by atoms with E-state index in [-0.39, 0.29) is 11.4 Å². The Hall–Kier alpha value is -0.450. The SMILES string of the molecule is CN(C)C1(CNCc2ccc(Br)cc2F)CCC1. The van der Waals surface area contributed by atoms with Crippen molar-refractivity contribution in [2.75, 3.05) is 20.6 Å². The minimum absolute atomic E-state index is 0.149. The average molecular weight is 315 g/mol. The van der Waals surface area contributed by atoms with Gasteiger partial charge >= 0.3 is 0 Å². The van der Waals surface area contributed by atoms with Gasteiger partial charge in [-0.2, -0.15) is 0 Å². The summed E-state index contributed by atoms with van der Waals surface area (Å²) >= 11 is 3.27. The molecule has 0 spiro atoms. The number of hydrogen-bond donors (Lipinski definition) is 1. The molecule has 2 nitrogen and oxygen atoms in total. The maximum absolute atomic E-state index is 13.6. The van der Waals surface area contributed by atoms with E-state index in [4.69, 9.17) is 0 Å². The van der Waals surface area contributed by atoms with Crippen molar-refractivity contribution in [3.05, 3.63) is 34.1 Å². The lowest BCUT2D eigenvalue weighted by Crippen LogP contribution is -2.56. The summed E-state index contributed by atoms with van der Waals surface area (Å²) in [6.07, 6.45) is 3.76. The fourth-order valence-electron chi connectivity index (χ4n) is 2.46. The van der Waals surface area contributed by atoms with Crippen LogP contribution in [-0.2, 0) is 6.54 Å². The van der Waals surface area contributed by atoms with Crippen molar-refractivity contribution >= 4 is 15.9 Å². The normalized spacial score (nSPS) is 17.8. The number of nitrogens with one attached hydrogen (secondary N) is 1. The van der Waals surface area contributed by atoms with E-state index in [1.54, 1.807) is 0 Å². The summed E-state index contributed by atoms with van der Waals surface area (Å²) in [6, 6.07) is 5.22. The zero-order valence-corrected chi connectivity index (χ0v) is 12.6. The molecular weight excluding hydrogens is 295 g/mol. The third-order valence-electron chi connectivity index (χ3n) is 4.02. The molecule has 0 radical (unpaired) electrons. The highest BCUT2D eigenvalue weighted by atomic mass is 79.9. The number of halogens is 2. The second-order valence-corrected chi connectivity index (χ2v) is 6.23.